The quantitative estimate of drug-likeness (QED) is 0.337. The maximum Gasteiger partial charge on any atom is 0.182 e. The molecule has 0 fully saturated rings. The number of hydrogen-bond acceptors (Lipinski definition) is 4. The number of aromatic amines is 1. The van der Waals surface area contributed by atoms with Crippen molar-refractivity contribution in [1.82, 2.24) is 20.6 Å². The summed E-state index contributed by atoms with van der Waals surface area (Å²) in [5.41, 5.74) is 5.05. The molecule has 48 valence electrons. The van der Waals surface area contributed by atoms with Crippen LogP contribution < -0.4 is 5.73 Å². The van der Waals surface area contributed by atoms with Crippen LogP contribution in [0.25, 0.3) is 0 Å². The first kappa shape index (κ1) is 5.67. The van der Waals surface area contributed by atoms with Gasteiger partial charge in [-0.15, -0.1) is 10.2 Å². The normalized spacial score (nSPS) is 9.33. The summed E-state index contributed by atoms with van der Waals surface area (Å²) < 4.78 is 0. The zero-order valence-corrected chi connectivity index (χ0v) is 4.63. The summed E-state index contributed by atoms with van der Waals surface area (Å²) in [5, 5.41) is 19.5. The van der Waals surface area contributed by atoms with Crippen molar-refractivity contribution in [2.24, 2.45) is 5.73 Å². The summed E-state index contributed by atoms with van der Waals surface area (Å²) >= 11 is 0. The van der Waals surface area contributed by atoms with Crippen molar-refractivity contribution in [3.8, 4) is 0 Å². The number of rotatable bonds is 2. The second kappa shape index (κ2) is 2.21. The predicted octanol–water partition coefficient (Wildman–Crippen LogP) is -1.32. The van der Waals surface area contributed by atoms with E-state index in [1.807, 2.05) is 0 Å². The molecular weight excluding hydrogens is 120 g/mol. The summed E-state index contributed by atoms with van der Waals surface area (Å²) in [4.78, 5) is 0. The molecule has 1 rings (SSSR count). The Morgan fingerprint density at radius 2 is 2.56 bits per heavy atom. The average molecular weight is 126 g/mol. The minimum absolute atomic E-state index is 0.0383. The molecule has 0 aliphatic carbocycles. The first-order valence-corrected chi connectivity index (χ1v) is 2.34. The van der Waals surface area contributed by atoms with Crippen LogP contribution in [0.2, 0.25) is 0 Å². The predicted molar refractivity (Wildman–Crippen MR) is 29.8 cm³/mol. The van der Waals surface area contributed by atoms with Crippen molar-refractivity contribution < 1.29 is 0 Å². The second-order valence-corrected chi connectivity index (χ2v) is 1.53. The molecule has 0 aliphatic heterocycles. The lowest BCUT2D eigenvalue weighted by Crippen LogP contribution is -2.13. The molecule has 6 heteroatoms. The van der Waals surface area contributed by atoms with Gasteiger partial charge in [0.05, 0.1) is 12.3 Å². The molecule has 0 unspecified atom stereocenters. The molecule has 0 saturated carbocycles. The van der Waals surface area contributed by atoms with Gasteiger partial charge in [-0.1, -0.05) is 5.21 Å². The number of nitrogens with zero attached hydrogens (tertiary/aromatic N) is 3. The Morgan fingerprint density at radius 3 is 3.00 bits per heavy atom. The summed E-state index contributed by atoms with van der Waals surface area (Å²) in [6.07, 6.45) is 0.260. The standard InChI is InChI=1S/C3H6N6/c4-2(5)1-3-6-8-9-7-3/h1H2,(H3,4,5)(H,6,7,8,9). The Hall–Kier alpha value is -1.46. The molecule has 1 aromatic heterocycles. The molecule has 1 aromatic rings. The fourth-order valence-electron chi connectivity index (χ4n) is 0.428. The van der Waals surface area contributed by atoms with Gasteiger partial charge in [-0.05, 0) is 0 Å². The second-order valence-electron chi connectivity index (χ2n) is 1.53. The fraction of sp³-hybridized carbons (Fsp3) is 0.333. The number of H-pyrrole nitrogens is 1. The number of amidine groups is 1. The zero-order chi connectivity index (χ0) is 6.69. The van der Waals surface area contributed by atoms with Crippen LogP contribution >= 0.6 is 0 Å². The van der Waals surface area contributed by atoms with Gasteiger partial charge < -0.3 is 5.73 Å². The molecule has 0 aliphatic rings. The molecule has 9 heavy (non-hydrogen) atoms. The molecule has 4 N–H and O–H groups in total. The number of nitrogens with two attached hydrogens (primary N) is 1. The molecule has 1 heterocycles. The van der Waals surface area contributed by atoms with Gasteiger partial charge in [-0.2, -0.15) is 5.21 Å². The van der Waals surface area contributed by atoms with Crippen LogP contribution in [0.1, 0.15) is 5.82 Å². The molecule has 0 amide bonds. The molecule has 0 atom stereocenters. The van der Waals surface area contributed by atoms with Crippen LogP contribution in [0.5, 0.6) is 0 Å². The van der Waals surface area contributed by atoms with Crippen LogP contribution in [0.4, 0.5) is 0 Å². The largest absolute Gasteiger partial charge is 0.387 e. The Morgan fingerprint density at radius 1 is 1.78 bits per heavy atom. The highest BCUT2D eigenvalue weighted by Crippen LogP contribution is 1.81. The van der Waals surface area contributed by atoms with Gasteiger partial charge in [-0.25, -0.2) is 0 Å². The number of aromatic nitrogens is 4. The van der Waals surface area contributed by atoms with Crippen molar-refractivity contribution in [3.05, 3.63) is 5.82 Å². The molecule has 0 bridgehead atoms. The molecule has 0 saturated heterocycles. The third-order valence-electron chi connectivity index (χ3n) is 0.738. The van der Waals surface area contributed by atoms with Gasteiger partial charge in [0, 0.05) is 0 Å². The van der Waals surface area contributed by atoms with Gasteiger partial charge in [0.2, 0.25) is 0 Å². The maximum absolute atomic E-state index is 6.83. The van der Waals surface area contributed by atoms with E-state index in [-0.39, 0.29) is 12.3 Å². The lowest BCUT2D eigenvalue weighted by molar-refractivity contribution is 0.881. The third-order valence-corrected chi connectivity index (χ3v) is 0.738. The lowest BCUT2D eigenvalue weighted by Gasteiger charge is -1.86. The van der Waals surface area contributed by atoms with Gasteiger partial charge in [0.15, 0.2) is 5.82 Å². The lowest BCUT2D eigenvalue weighted by atomic mass is 10.4. The van der Waals surface area contributed by atoms with E-state index in [0.29, 0.717) is 5.82 Å². The van der Waals surface area contributed by atoms with E-state index in [0.717, 1.165) is 0 Å². The first-order chi connectivity index (χ1) is 4.29. The van der Waals surface area contributed by atoms with Crippen molar-refractivity contribution in [3.63, 3.8) is 0 Å². The third kappa shape index (κ3) is 1.48. The smallest absolute Gasteiger partial charge is 0.182 e. The monoisotopic (exact) mass is 126 g/mol. The van der Waals surface area contributed by atoms with Crippen molar-refractivity contribution in [1.29, 1.82) is 5.41 Å². The van der Waals surface area contributed by atoms with E-state index in [1.54, 1.807) is 0 Å². The zero-order valence-electron chi connectivity index (χ0n) is 4.63. The van der Waals surface area contributed by atoms with Gasteiger partial charge in [0.25, 0.3) is 0 Å². The number of hydrogen-bond donors (Lipinski definition) is 3. The average Bonchev–Trinajstić information content (AvgIpc) is 2.15. The maximum atomic E-state index is 6.83. The van der Waals surface area contributed by atoms with E-state index in [4.69, 9.17) is 11.1 Å². The van der Waals surface area contributed by atoms with E-state index >= 15 is 0 Å². The Labute approximate surface area is 51.0 Å². The van der Waals surface area contributed by atoms with E-state index in [9.17, 15) is 0 Å². The Bertz CT molecular complexity index is 188. The minimum atomic E-state index is 0.0383. The summed E-state index contributed by atoms with van der Waals surface area (Å²) in [6.45, 7) is 0. The fourth-order valence-corrected chi connectivity index (χ4v) is 0.428. The number of nitrogens with one attached hydrogen (secondary N) is 2. The molecule has 6 nitrogen and oxygen atoms in total. The van der Waals surface area contributed by atoms with Crippen molar-refractivity contribution in [2.45, 2.75) is 6.42 Å². The molecule has 0 radical (unpaired) electrons. The number of tetrazole rings is 1. The van der Waals surface area contributed by atoms with E-state index in [2.05, 4.69) is 20.6 Å². The summed E-state index contributed by atoms with van der Waals surface area (Å²) in [6, 6.07) is 0. The SMILES string of the molecule is N=C(N)Cc1nn[nH]n1. The van der Waals surface area contributed by atoms with Crippen LogP contribution in [0.15, 0.2) is 0 Å². The van der Waals surface area contributed by atoms with Crippen LogP contribution in [0, 0.1) is 5.41 Å². The van der Waals surface area contributed by atoms with Gasteiger partial charge in [-0.3, -0.25) is 5.41 Å². The topological polar surface area (TPSA) is 104 Å². The molecular formula is C3H6N6. The van der Waals surface area contributed by atoms with E-state index in [1.165, 1.54) is 0 Å². The highest BCUT2D eigenvalue weighted by molar-refractivity contribution is 5.78. The van der Waals surface area contributed by atoms with Gasteiger partial charge >= 0.3 is 0 Å². The summed E-state index contributed by atoms with van der Waals surface area (Å²) in [7, 11) is 0. The first-order valence-electron chi connectivity index (χ1n) is 2.34. The van der Waals surface area contributed by atoms with Crippen molar-refractivity contribution in [2.75, 3.05) is 0 Å². The highest BCUT2D eigenvalue weighted by atomic mass is 15.5. The summed E-state index contributed by atoms with van der Waals surface area (Å²) in [5.74, 6) is 0.485. The molecule has 0 aromatic carbocycles. The minimum Gasteiger partial charge on any atom is -0.387 e. The van der Waals surface area contributed by atoms with Crippen LogP contribution in [0.3, 0.4) is 0 Å². The van der Waals surface area contributed by atoms with Crippen LogP contribution in [-0.2, 0) is 6.42 Å². The van der Waals surface area contributed by atoms with E-state index < -0.39 is 0 Å². The van der Waals surface area contributed by atoms with Gasteiger partial charge in [0.1, 0.15) is 0 Å². The Kier molecular flexibility index (Phi) is 1.39. The Balaban J connectivity index is 2.58. The van der Waals surface area contributed by atoms with Crippen molar-refractivity contribution >= 4 is 5.84 Å². The highest BCUT2D eigenvalue weighted by Gasteiger charge is 1.97. The van der Waals surface area contributed by atoms with Crippen LogP contribution in [-0.4, -0.2) is 26.5 Å². The molecule has 0 spiro atoms.